The normalized spacial score (nSPS) is 18.1. The predicted octanol–water partition coefficient (Wildman–Crippen LogP) is 1.49. The quantitative estimate of drug-likeness (QED) is 0.765. The molecular formula is C14H20N2O4S. The van der Waals surface area contributed by atoms with Gasteiger partial charge in [-0.3, -0.25) is 0 Å². The standard InChI is InChI=1S/C14H20N2O4S/c17-14(18)15-8-5-11-1-3-12(4-2-11)16-13-6-9-21(19,20)10-7-13/h1-4,13,15-16H,5-10H2,(H,17,18). The van der Waals surface area contributed by atoms with Crippen molar-refractivity contribution in [1.29, 1.82) is 0 Å². The topological polar surface area (TPSA) is 95.5 Å². The van der Waals surface area contributed by atoms with E-state index in [1.165, 1.54) is 0 Å². The van der Waals surface area contributed by atoms with Crippen LogP contribution in [0.5, 0.6) is 0 Å². The second-order valence-electron chi connectivity index (χ2n) is 5.25. The molecular weight excluding hydrogens is 292 g/mol. The molecule has 0 unspecified atom stereocenters. The number of carboxylic acid groups (broad SMARTS) is 1. The van der Waals surface area contributed by atoms with Gasteiger partial charge in [0.25, 0.3) is 0 Å². The summed E-state index contributed by atoms with van der Waals surface area (Å²) in [5.41, 5.74) is 2.02. The molecule has 1 heterocycles. The Labute approximate surface area is 124 Å². The van der Waals surface area contributed by atoms with Crippen molar-refractivity contribution in [2.75, 3.05) is 23.4 Å². The molecule has 1 saturated heterocycles. The van der Waals surface area contributed by atoms with Crippen LogP contribution in [0.25, 0.3) is 0 Å². The van der Waals surface area contributed by atoms with Crippen molar-refractivity contribution < 1.29 is 18.3 Å². The van der Waals surface area contributed by atoms with Crippen molar-refractivity contribution in [2.45, 2.75) is 25.3 Å². The summed E-state index contributed by atoms with van der Waals surface area (Å²) in [6.07, 6.45) is 0.925. The first kappa shape index (κ1) is 15.6. The first-order chi connectivity index (χ1) is 9.94. The number of nitrogens with one attached hydrogen (secondary N) is 2. The number of sulfone groups is 1. The Kier molecular flexibility index (Phi) is 5.06. The van der Waals surface area contributed by atoms with Crippen LogP contribution >= 0.6 is 0 Å². The molecule has 0 bridgehead atoms. The Morgan fingerprint density at radius 3 is 2.38 bits per heavy atom. The van der Waals surface area contributed by atoms with Gasteiger partial charge < -0.3 is 15.7 Å². The molecule has 0 aromatic heterocycles. The summed E-state index contributed by atoms with van der Waals surface area (Å²) < 4.78 is 22.7. The van der Waals surface area contributed by atoms with E-state index in [0.717, 1.165) is 11.3 Å². The van der Waals surface area contributed by atoms with E-state index in [1.54, 1.807) is 0 Å². The van der Waals surface area contributed by atoms with Crippen molar-refractivity contribution in [2.24, 2.45) is 0 Å². The van der Waals surface area contributed by atoms with E-state index in [0.29, 0.717) is 25.8 Å². The highest BCUT2D eigenvalue weighted by Gasteiger charge is 2.23. The maximum atomic E-state index is 11.4. The van der Waals surface area contributed by atoms with Crippen LogP contribution < -0.4 is 10.6 Å². The third-order valence-electron chi connectivity index (χ3n) is 3.57. The number of carbonyl (C=O) groups is 1. The van der Waals surface area contributed by atoms with Gasteiger partial charge in [0.2, 0.25) is 0 Å². The predicted molar refractivity (Wildman–Crippen MR) is 81.5 cm³/mol. The first-order valence-corrected chi connectivity index (χ1v) is 8.79. The molecule has 6 nitrogen and oxygen atoms in total. The van der Waals surface area contributed by atoms with Gasteiger partial charge >= 0.3 is 6.09 Å². The fourth-order valence-corrected chi connectivity index (χ4v) is 3.84. The SMILES string of the molecule is O=C(O)NCCc1ccc(NC2CCS(=O)(=O)CC2)cc1. The molecule has 2 rings (SSSR count). The number of amides is 1. The lowest BCUT2D eigenvalue weighted by molar-refractivity contribution is 0.194. The van der Waals surface area contributed by atoms with Gasteiger partial charge in [-0.05, 0) is 37.0 Å². The molecule has 1 aliphatic heterocycles. The highest BCUT2D eigenvalue weighted by molar-refractivity contribution is 7.91. The molecule has 1 aromatic rings. The summed E-state index contributed by atoms with van der Waals surface area (Å²) in [4.78, 5) is 10.3. The summed E-state index contributed by atoms with van der Waals surface area (Å²) in [5, 5.41) is 14.2. The monoisotopic (exact) mass is 312 g/mol. The Hall–Kier alpha value is -1.76. The van der Waals surface area contributed by atoms with E-state index >= 15 is 0 Å². The Balaban J connectivity index is 1.81. The molecule has 21 heavy (non-hydrogen) atoms. The molecule has 1 aliphatic rings. The maximum absolute atomic E-state index is 11.4. The third kappa shape index (κ3) is 5.26. The van der Waals surface area contributed by atoms with Crippen LogP contribution in [-0.4, -0.2) is 43.7 Å². The van der Waals surface area contributed by atoms with Crippen molar-refractivity contribution in [3.05, 3.63) is 29.8 Å². The van der Waals surface area contributed by atoms with Gasteiger partial charge in [0.1, 0.15) is 9.84 Å². The van der Waals surface area contributed by atoms with Crippen LogP contribution in [0.3, 0.4) is 0 Å². The number of hydrogen-bond donors (Lipinski definition) is 3. The molecule has 1 amide bonds. The first-order valence-electron chi connectivity index (χ1n) is 6.97. The fraction of sp³-hybridized carbons (Fsp3) is 0.500. The molecule has 1 aromatic carbocycles. The lowest BCUT2D eigenvalue weighted by Gasteiger charge is -2.24. The van der Waals surface area contributed by atoms with E-state index in [9.17, 15) is 13.2 Å². The molecule has 0 saturated carbocycles. The number of benzene rings is 1. The minimum atomic E-state index is -2.83. The second-order valence-corrected chi connectivity index (χ2v) is 7.55. The van der Waals surface area contributed by atoms with Crippen LogP contribution in [0.1, 0.15) is 18.4 Å². The molecule has 0 aliphatic carbocycles. The molecule has 1 fully saturated rings. The van der Waals surface area contributed by atoms with Gasteiger partial charge in [0.15, 0.2) is 0 Å². The number of rotatable bonds is 5. The zero-order chi connectivity index (χ0) is 15.3. The van der Waals surface area contributed by atoms with Gasteiger partial charge in [-0.25, -0.2) is 13.2 Å². The fourth-order valence-electron chi connectivity index (χ4n) is 2.35. The van der Waals surface area contributed by atoms with Gasteiger partial charge in [0, 0.05) is 18.3 Å². The zero-order valence-corrected chi connectivity index (χ0v) is 12.5. The molecule has 3 N–H and O–H groups in total. The third-order valence-corrected chi connectivity index (χ3v) is 5.28. The smallest absolute Gasteiger partial charge is 0.404 e. The summed E-state index contributed by atoms with van der Waals surface area (Å²) in [6, 6.07) is 7.99. The molecule has 116 valence electrons. The van der Waals surface area contributed by atoms with E-state index in [-0.39, 0.29) is 17.5 Å². The van der Waals surface area contributed by atoms with Gasteiger partial charge in [0.05, 0.1) is 11.5 Å². The molecule has 0 radical (unpaired) electrons. The van der Waals surface area contributed by atoms with Crippen molar-refractivity contribution >= 4 is 21.6 Å². The lowest BCUT2D eigenvalue weighted by atomic mass is 10.1. The van der Waals surface area contributed by atoms with E-state index < -0.39 is 15.9 Å². The Morgan fingerprint density at radius 2 is 1.81 bits per heavy atom. The van der Waals surface area contributed by atoms with Crippen LogP contribution in [0.2, 0.25) is 0 Å². The van der Waals surface area contributed by atoms with Gasteiger partial charge in [-0.15, -0.1) is 0 Å². The molecule has 0 spiro atoms. The van der Waals surface area contributed by atoms with Crippen LogP contribution in [-0.2, 0) is 16.3 Å². The summed E-state index contributed by atoms with van der Waals surface area (Å²) in [5.74, 6) is 0.507. The van der Waals surface area contributed by atoms with Crippen LogP contribution in [0.15, 0.2) is 24.3 Å². The highest BCUT2D eigenvalue weighted by atomic mass is 32.2. The Bertz CT molecular complexity index is 569. The van der Waals surface area contributed by atoms with Crippen molar-refractivity contribution in [3.63, 3.8) is 0 Å². The molecule has 7 heteroatoms. The maximum Gasteiger partial charge on any atom is 0.404 e. The number of hydrogen-bond acceptors (Lipinski definition) is 4. The molecule has 0 atom stereocenters. The largest absolute Gasteiger partial charge is 0.465 e. The summed E-state index contributed by atoms with van der Waals surface area (Å²) in [6.45, 7) is 0.391. The van der Waals surface area contributed by atoms with Crippen molar-refractivity contribution in [1.82, 2.24) is 5.32 Å². The highest BCUT2D eigenvalue weighted by Crippen LogP contribution is 2.18. The number of anilines is 1. The second kappa shape index (κ2) is 6.80. The minimum absolute atomic E-state index is 0.202. The van der Waals surface area contributed by atoms with Gasteiger partial charge in [-0.1, -0.05) is 12.1 Å². The lowest BCUT2D eigenvalue weighted by Crippen LogP contribution is -2.32. The summed E-state index contributed by atoms with van der Waals surface area (Å²) >= 11 is 0. The summed E-state index contributed by atoms with van der Waals surface area (Å²) in [7, 11) is -2.83. The average Bonchev–Trinajstić information content (AvgIpc) is 2.43. The van der Waals surface area contributed by atoms with E-state index in [4.69, 9.17) is 5.11 Å². The Morgan fingerprint density at radius 1 is 1.19 bits per heavy atom. The van der Waals surface area contributed by atoms with E-state index in [1.807, 2.05) is 24.3 Å². The minimum Gasteiger partial charge on any atom is -0.465 e. The van der Waals surface area contributed by atoms with Crippen molar-refractivity contribution in [3.8, 4) is 0 Å². The average molecular weight is 312 g/mol. The van der Waals surface area contributed by atoms with E-state index in [2.05, 4.69) is 10.6 Å². The van der Waals surface area contributed by atoms with Gasteiger partial charge in [-0.2, -0.15) is 0 Å². The van der Waals surface area contributed by atoms with Crippen LogP contribution in [0.4, 0.5) is 10.5 Å². The zero-order valence-electron chi connectivity index (χ0n) is 11.7. The van der Waals surface area contributed by atoms with Crippen LogP contribution in [0, 0.1) is 0 Å².